The number of aromatic nitrogens is 2. The summed E-state index contributed by atoms with van der Waals surface area (Å²) in [4.78, 5) is 16.0. The topological polar surface area (TPSA) is 87.8 Å². The van der Waals surface area contributed by atoms with E-state index in [0.29, 0.717) is 31.2 Å². The number of nitrogens with zero attached hydrogens (tertiary/aromatic N) is 3. The zero-order chi connectivity index (χ0) is 28.1. The highest BCUT2D eigenvalue weighted by molar-refractivity contribution is 5.95. The van der Waals surface area contributed by atoms with Crippen LogP contribution < -0.4 is 9.64 Å². The Morgan fingerprint density at radius 1 is 1.02 bits per heavy atom. The van der Waals surface area contributed by atoms with Crippen LogP contribution in [0.3, 0.4) is 0 Å². The van der Waals surface area contributed by atoms with Crippen LogP contribution in [0.25, 0.3) is 11.1 Å². The van der Waals surface area contributed by atoms with Crippen LogP contribution in [0.15, 0.2) is 54.9 Å². The van der Waals surface area contributed by atoms with Gasteiger partial charge in [-0.05, 0) is 105 Å². The number of amides is 1. The number of benzene rings is 2. The first-order valence-corrected chi connectivity index (χ1v) is 14.8. The molecule has 7 nitrogen and oxygen atoms in total. The highest BCUT2D eigenvalue weighted by atomic mass is 16.5. The van der Waals surface area contributed by atoms with Crippen LogP contribution in [-0.2, 0) is 11.3 Å². The van der Waals surface area contributed by atoms with E-state index in [4.69, 9.17) is 4.74 Å². The van der Waals surface area contributed by atoms with Gasteiger partial charge < -0.3 is 19.8 Å². The zero-order valence-corrected chi connectivity index (χ0v) is 23.8. The maximum absolute atomic E-state index is 14.0. The van der Waals surface area contributed by atoms with Gasteiger partial charge in [-0.15, -0.1) is 0 Å². The van der Waals surface area contributed by atoms with Crippen LogP contribution in [0.2, 0.25) is 0 Å². The first-order chi connectivity index (χ1) is 19.4. The quantitative estimate of drug-likeness (QED) is 0.359. The predicted octanol–water partition coefficient (Wildman–Crippen LogP) is 5.72. The Kier molecular flexibility index (Phi) is 9.22. The van der Waals surface area contributed by atoms with E-state index >= 15 is 0 Å². The maximum Gasteiger partial charge on any atom is 0.230 e. The van der Waals surface area contributed by atoms with Crippen molar-refractivity contribution in [3.8, 4) is 16.9 Å². The smallest absolute Gasteiger partial charge is 0.230 e. The first-order valence-electron chi connectivity index (χ1n) is 14.8. The third-order valence-corrected chi connectivity index (χ3v) is 8.94. The minimum Gasteiger partial charge on any atom is -0.496 e. The number of anilines is 1. The number of carbonyl (C=O) groups excluding carboxylic acids is 1. The number of ether oxygens (including phenoxy) is 1. The fourth-order valence-electron chi connectivity index (χ4n) is 6.55. The molecule has 2 saturated carbocycles. The molecule has 7 heteroatoms. The van der Waals surface area contributed by atoms with Gasteiger partial charge in [-0.1, -0.05) is 24.3 Å². The molecule has 40 heavy (non-hydrogen) atoms. The van der Waals surface area contributed by atoms with E-state index in [2.05, 4.69) is 36.3 Å². The van der Waals surface area contributed by atoms with E-state index in [0.717, 1.165) is 67.6 Å². The average molecular weight is 546 g/mol. The van der Waals surface area contributed by atoms with Crippen molar-refractivity contribution in [2.45, 2.75) is 76.9 Å². The van der Waals surface area contributed by atoms with Gasteiger partial charge in [0.15, 0.2) is 0 Å². The van der Waals surface area contributed by atoms with Crippen LogP contribution in [0.1, 0.15) is 68.4 Å². The van der Waals surface area contributed by atoms with Crippen molar-refractivity contribution in [2.24, 2.45) is 11.8 Å². The van der Waals surface area contributed by atoms with Gasteiger partial charge in [0.2, 0.25) is 5.91 Å². The molecule has 2 aromatic carbocycles. The Balaban J connectivity index is 1.33. The van der Waals surface area contributed by atoms with Crippen LogP contribution in [-0.4, -0.2) is 52.3 Å². The summed E-state index contributed by atoms with van der Waals surface area (Å²) in [5.74, 6) is 2.07. The largest absolute Gasteiger partial charge is 0.496 e. The third kappa shape index (κ3) is 6.58. The SMILES string of the molecule is COc1ccc(C2CCC(CN(C(=O)C3CCC(O)CC3)c3cccc(-c4cnn(CCO)c4)c3)CC2)cc1C. The van der Waals surface area contributed by atoms with Crippen molar-refractivity contribution in [3.05, 3.63) is 66.0 Å². The van der Waals surface area contributed by atoms with Crippen molar-refractivity contribution in [3.63, 3.8) is 0 Å². The lowest BCUT2D eigenvalue weighted by Crippen LogP contribution is -2.41. The molecule has 214 valence electrons. The summed E-state index contributed by atoms with van der Waals surface area (Å²) in [6.45, 7) is 3.32. The molecule has 0 atom stereocenters. The second-order valence-electron chi connectivity index (χ2n) is 11.7. The summed E-state index contributed by atoms with van der Waals surface area (Å²) in [5, 5.41) is 23.7. The summed E-state index contributed by atoms with van der Waals surface area (Å²) in [5.41, 5.74) is 5.48. The number of methoxy groups -OCH3 is 1. The lowest BCUT2D eigenvalue weighted by Gasteiger charge is -2.36. The van der Waals surface area contributed by atoms with Gasteiger partial charge in [0, 0.05) is 29.9 Å². The molecule has 0 unspecified atom stereocenters. The second-order valence-corrected chi connectivity index (χ2v) is 11.7. The van der Waals surface area contributed by atoms with Crippen LogP contribution >= 0.6 is 0 Å². The van der Waals surface area contributed by atoms with Crippen LogP contribution in [0.4, 0.5) is 5.69 Å². The van der Waals surface area contributed by atoms with E-state index in [-0.39, 0.29) is 24.5 Å². The standard InChI is InChI=1S/C33H43N3O4/c1-23-18-28(12-15-32(23)40-2)25-8-6-24(7-9-25)21-36(33(39)26-10-13-31(38)14-11-26)30-5-3-4-27(19-30)29-20-34-35(22-29)16-17-37/h3-5,12,15,18-20,22,24-26,31,37-38H,6-11,13-14,16-17,21H2,1-2H3. The fraction of sp³-hybridized carbons (Fsp3) is 0.515. The first kappa shape index (κ1) is 28.4. The molecule has 0 radical (unpaired) electrons. The molecular weight excluding hydrogens is 502 g/mol. The van der Waals surface area contributed by atoms with E-state index in [1.54, 1.807) is 11.8 Å². The van der Waals surface area contributed by atoms with Crippen molar-refractivity contribution < 1.29 is 19.7 Å². The molecule has 0 spiro atoms. The molecule has 3 aromatic rings. The number of aliphatic hydroxyl groups is 2. The molecule has 2 fully saturated rings. The lowest BCUT2D eigenvalue weighted by molar-refractivity contribution is -0.124. The van der Waals surface area contributed by atoms with Crippen LogP contribution in [0, 0.1) is 18.8 Å². The molecule has 2 aliphatic carbocycles. The molecule has 1 amide bonds. The van der Waals surface area contributed by atoms with Crippen molar-refractivity contribution in [1.29, 1.82) is 0 Å². The highest BCUT2D eigenvalue weighted by Crippen LogP contribution is 2.39. The van der Waals surface area contributed by atoms with Gasteiger partial charge in [-0.2, -0.15) is 5.10 Å². The number of rotatable bonds is 9. The third-order valence-electron chi connectivity index (χ3n) is 8.94. The fourth-order valence-corrected chi connectivity index (χ4v) is 6.55. The molecule has 0 aliphatic heterocycles. The van der Waals surface area contributed by atoms with Gasteiger partial charge in [-0.3, -0.25) is 9.48 Å². The summed E-state index contributed by atoms with van der Waals surface area (Å²) in [6.07, 6.45) is 10.8. The summed E-state index contributed by atoms with van der Waals surface area (Å²) < 4.78 is 7.19. The van der Waals surface area contributed by atoms with Gasteiger partial charge >= 0.3 is 0 Å². The molecule has 5 rings (SSSR count). The average Bonchev–Trinajstić information content (AvgIpc) is 3.45. The summed E-state index contributed by atoms with van der Waals surface area (Å²) >= 11 is 0. The Hall–Kier alpha value is -3.16. The predicted molar refractivity (Wildman–Crippen MR) is 157 cm³/mol. The van der Waals surface area contributed by atoms with Gasteiger partial charge in [0.25, 0.3) is 0 Å². The van der Waals surface area contributed by atoms with E-state index in [1.807, 2.05) is 35.5 Å². The molecule has 2 N–H and O–H groups in total. The van der Waals surface area contributed by atoms with Gasteiger partial charge in [0.1, 0.15) is 5.75 Å². The minimum absolute atomic E-state index is 0.0415. The Labute approximate surface area is 237 Å². The summed E-state index contributed by atoms with van der Waals surface area (Å²) in [6, 6.07) is 14.8. The minimum atomic E-state index is -0.284. The Morgan fingerprint density at radius 3 is 2.50 bits per heavy atom. The number of aliphatic hydroxyl groups excluding tert-OH is 2. The van der Waals surface area contributed by atoms with Crippen LogP contribution in [0.5, 0.6) is 5.75 Å². The molecular formula is C33H43N3O4. The van der Waals surface area contributed by atoms with E-state index < -0.39 is 0 Å². The zero-order valence-electron chi connectivity index (χ0n) is 23.8. The number of carbonyl (C=O) groups is 1. The maximum atomic E-state index is 14.0. The van der Waals surface area contributed by atoms with Gasteiger partial charge in [0.05, 0.1) is 32.6 Å². The normalized spacial score (nSPS) is 23.1. The molecule has 0 saturated heterocycles. The van der Waals surface area contributed by atoms with E-state index in [1.165, 1.54) is 11.1 Å². The molecule has 2 aliphatic rings. The molecule has 1 aromatic heterocycles. The molecule has 0 bridgehead atoms. The highest BCUT2D eigenvalue weighted by Gasteiger charge is 2.32. The number of aryl methyl sites for hydroxylation is 1. The van der Waals surface area contributed by atoms with Gasteiger partial charge in [-0.25, -0.2) is 0 Å². The Morgan fingerprint density at radius 2 is 1.80 bits per heavy atom. The second kappa shape index (κ2) is 13.0. The van der Waals surface area contributed by atoms with Crippen molar-refractivity contribution in [2.75, 3.05) is 25.2 Å². The number of hydrogen-bond donors (Lipinski definition) is 2. The molecule has 1 heterocycles. The van der Waals surface area contributed by atoms with Crippen molar-refractivity contribution >= 4 is 11.6 Å². The summed E-state index contributed by atoms with van der Waals surface area (Å²) in [7, 11) is 1.72. The Bertz CT molecular complexity index is 1270. The van der Waals surface area contributed by atoms with Crippen molar-refractivity contribution in [1.82, 2.24) is 9.78 Å². The number of hydrogen-bond acceptors (Lipinski definition) is 5. The lowest BCUT2D eigenvalue weighted by atomic mass is 9.78. The monoisotopic (exact) mass is 545 g/mol. The van der Waals surface area contributed by atoms with E-state index in [9.17, 15) is 15.0 Å².